The van der Waals surface area contributed by atoms with Gasteiger partial charge in [0, 0.05) is 6.42 Å². The zero-order chi connectivity index (χ0) is 8.97. The summed E-state index contributed by atoms with van der Waals surface area (Å²) in [5.74, 6) is 0.730. The Morgan fingerprint density at radius 3 is 3.00 bits per heavy atom. The summed E-state index contributed by atoms with van der Waals surface area (Å²) in [6, 6.07) is 0. The zero-order valence-electron chi connectivity index (χ0n) is 6.78. The summed E-state index contributed by atoms with van der Waals surface area (Å²) in [5.41, 5.74) is 0. The molecule has 12 heavy (non-hydrogen) atoms. The van der Waals surface area contributed by atoms with Crippen LogP contribution in [0.1, 0.15) is 18.6 Å². The Balaban J connectivity index is 2.58. The number of aromatic nitrogens is 2. The van der Waals surface area contributed by atoms with Gasteiger partial charge in [0.05, 0.1) is 13.0 Å². The van der Waals surface area contributed by atoms with E-state index in [0.29, 0.717) is 18.1 Å². The molecular formula is C7H10N2O3. The first-order valence-corrected chi connectivity index (χ1v) is 3.64. The highest BCUT2D eigenvalue weighted by molar-refractivity contribution is 5.77. The SMILES string of the molecule is CC(=O)Cc1nc(CCO)no1. The van der Waals surface area contributed by atoms with Gasteiger partial charge in [0.25, 0.3) is 0 Å². The molecule has 0 radical (unpaired) electrons. The third kappa shape index (κ3) is 2.43. The van der Waals surface area contributed by atoms with Crippen LogP contribution in [0.25, 0.3) is 0 Å². The van der Waals surface area contributed by atoms with Gasteiger partial charge in [-0.25, -0.2) is 0 Å². The van der Waals surface area contributed by atoms with Crippen LogP contribution in [0.4, 0.5) is 0 Å². The lowest BCUT2D eigenvalue weighted by Gasteiger charge is -1.84. The maximum atomic E-state index is 10.6. The number of aliphatic hydroxyl groups is 1. The van der Waals surface area contributed by atoms with E-state index in [4.69, 9.17) is 9.63 Å². The molecule has 0 saturated carbocycles. The number of carbonyl (C=O) groups excluding carboxylic acids is 1. The fraction of sp³-hybridized carbons (Fsp3) is 0.571. The summed E-state index contributed by atoms with van der Waals surface area (Å²) in [4.78, 5) is 14.5. The molecular weight excluding hydrogens is 160 g/mol. The van der Waals surface area contributed by atoms with Crippen LogP contribution in [0.15, 0.2) is 4.52 Å². The van der Waals surface area contributed by atoms with Crippen LogP contribution in [0.5, 0.6) is 0 Å². The van der Waals surface area contributed by atoms with Gasteiger partial charge >= 0.3 is 0 Å². The zero-order valence-corrected chi connectivity index (χ0v) is 6.78. The van der Waals surface area contributed by atoms with Crippen LogP contribution < -0.4 is 0 Å². The molecule has 1 aromatic rings. The first kappa shape index (κ1) is 8.86. The Kier molecular flexibility index (Phi) is 2.93. The Morgan fingerprint density at radius 2 is 2.42 bits per heavy atom. The predicted molar refractivity (Wildman–Crippen MR) is 39.5 cm³/mol. The topological polar surface area (TPSA) is 76.2 Å². The van der Waals surface area contributed by atoms with Gasteiger partial charge in [0.15, 0.2) is 5.82 Å². The lowest BCUT2D eigenvalue weighted by atomic mass is 10.3. The van der Waals surface area contributed by atoms with Crippen LogP contribution in [0.2, 0.25) is 0 Å². The van der Waals surface area contributed by atoms with Gasteiger partial charge < -0.3 is 9.63 Å². The van der Waals surface area contributed by atoms with E-state index in [1.807, 2.05) is 0 Å². The van der Waals surface area contributed by atoms with E-state index in [-0.39, 0.29) is 18.8 Å². The van der Waals surface area contributed by atoms with Gasteiger partial charge in [-0.15, -0.1) is 0 Å². The largest absolute Gasteiger partial charge is 0.396 e. The van der Waals surface area contributed by atoms with E-state index in [2.05, 4.69) is 10.1 Å². The van der Waals surface area contributed by atoms with Crippen molar-refractivity contribution in [1.82, 2.24) is 10.1 Å². The number of hydrogen-bond donors (Lipinski definition) is 1. The number of Topliss-reactive ketones (excluding diaryl/α,β-unsaturated/α-hetero) is 1. The van der Waals surface area contributed by atoms with Crippen molar-refractivity contribution in [3.05, 3.63) is 11.7 Å². The Morgan fingerprint density at radius 1 is 1.67 bits per heavy atom. The smallest absolute Gasteiger partial charge is 0.234 e. The molecule has 0 spiro atoms. The lowest BCUT2D eigenvalue weighted by Crippen LogP contribution is -1.97. The average Bonchev–Trinajstić information content (AvgIpc) is 2.36. The molecule has 0 aliphatic rings. The minimum atomic E-state index is -0.0193. The fourth-order valence-electron chi connectivity index (χ4n) is 0.776. The highest BCUT2D eigenvalue weighted by Crippen LogP contribution is 1.98. The number of nitrogens with zero attached hydrogens (tertiary/aromatic N) is 2. The molecule has 0 aliphatic heterocycles. The third-order valence-corrected chi connectivity index (χ3v) is 1.25. The van der Waals surface area contributed by atoms with Gasteiger partial charge in [0.1, 0.15) is 5.78 Å². The maximum absolute atomic E-state index is 10.6. The number of ketones is 1. The van der Waals surface area contributed by atoms with Crippen molar-refractivity contribution in [2.24, 2.45) is 0 Å². The summed E-state index contributed by atoms with van der Waals surface area (Å²) in [6.07, 6.45) is 0.528. The van der Waals surface area contributed by atoms with Crippen LogP contribution >= 0.6 is 0 Å². The normalized spacial score (nSPS) is 10.2. The molecule has 0 bridgehead atoms. The number of aliphatic hydroxyl groups excluding tert-OH is 1. The van der Waals surface area contributed by atoms with E-state index < -0.39 is 0 Å². The highest BCUT2D eigenvalue weighted by atomic mass is 16.5. The second-order valence-electron chi connectivity index (χ2n) is 2.46. The van der Waals surface area contributed by atoms with Gasteiger partial charge in [-0.2, -0.15) is 4.98 Å². The Bertz CT molecular complexity index is 269. The molecule has 0 fully saturated rings. The summed E-state index contributed by atoms with van der Waals surface area (Å²) in [7, 11) is 0. The Hall–Kier alpha value is -1.23. The van der Waals surface area contributed by atoms with Crippen molar-refractivity contribution in [2.45, 2.75) is 19.8 Å². The third-order valence-electron chi connectivity index (χ3n) is 1.25. The Labute approximate surface area is 69.4 Å². The average molecular weight is 170 g/mol. The molecule has 1 N–H and O–H groups in total. The van der Waals surface area contributed by atoms with E-state index in [9.17, 15) is 4.79 Å². The van der Waals surface area contributed by atoms with Gasteiger partial charge in [-0.05, 0) is 6.92 Å². The number of rotatable bonds is 4. The summed E-state index contributed by atoms with van der Waals surface area (Å²) >= 11 is 0. The lowest BCUT2D eigenvalue weighted by molar-refractivity contribution is -0.116. The molecule has 0 amide bonds. The molecule has 0 saturated heterocycles. The molecule has 0 aliphatic carbocycles. The number of carbonyl (C=O) groups is 1. The number of hydrogen-bond acceptors (Lipinski definition) is 5. The van der Waals surface area contributed by atoms with Crippen molar-refractivity contribution >= 4 is 5.78 Å². The second kappa shape index (κ2) is 3.96. The minimum Gasteiger partial charge on any atom is -0.396 e. The van der Waals surface area contributed by atoms with Crippen LogP contribution in [0.3, 0.4) is 0 Å². The standard InChI is InChI=1S/C7H10N2O3/c1-5(11)4-7-8-6(2-3-10)9-12-7/h10H,2-4H2,1H3. The van der Waals surface area contributed by atoms with Crippen LogP contribution in [-0.4, -0.2) is 27.6 Å². The molecule has 0 unspecified atom stereocenters. The molecule has 5 heteroatoms. The molecule has 0 atom stereocenters. The first-order chi connectivity index (χ1) is 5.72. The summed E-state index contributed by atoms with van der Waals surface area (Å²) < 4.78 is 4.73. The van der Waals surface area contributed by atoms with Crippen molar-refractivity contribution in [1.29, 1.82) is 0 Å². The second-order valence-corrected chi connectivity index (χ2v) is 2.46. The van der Waals surface area contributed by atoms with E-state index in [1.54, 1.807) is 0 Å². The first-order valence-electron chi connectivity index (χ1n) is 3.64. The monoisotopic (exact) mass is 170 g/mol. The maximum Gasteiger partial charge on any atom is 0.234 e. The van der Waals surface area contributed by atoms with Crippen LogP contribution in [-0.2, 0) is 17.6 Å². The molecule has 0 aromatic carbocycles. The predicted octanol–water partition coefficient (Wildman–Crippen LogP) is -0.264. The molecule has 5 nitrogen and oxygen atoms in total. The molecule has 1 aromatic heterocycles. The fourth-order valence-corrected chi connectivity index (χ4v) is 0.776. The molecule has 1 rings (SSSR count). The van der Waals surface area contributed by atoms with Crippen molar-refractivity contribution in [3.8, 4) is 0 Å². The molecule has 1 heterocycles. The van der Waals surface area contributed by atoms with E-state index >= 15 is 0 Å². The van der Waals surface area contributed by atoms with E-state index in [1.165, 1.54) is 6.92 Å². The van der Waals surface area contributed by atoms with Crippen molar-refractivity contribution in [2.75, 3.05) is 6.61 Å². The van der Waals surface area contributed by atoms with Crippen molar-refractivity contribution < 1.29 is 14.4 Å². The summed E-state index contributed by atoms with van der Waals surface area (Å²) in [5, 5.41) is 12.1. The highest BCUT2D eigenvalue weighted by Gasteiger charge is 2.07. The van der Waals surface area contributed by atoms with Gasteiger partial charge in [0.2, 0.25) is 5.89 Å². The van der Waals surface area contributed by atoms with Gasteiger partial charge in [-0.1, -0.05) is 5.16 Å². The van der Waals surface area contributed by atoms with Crippen LogP contribution in [0, 0.1) is 0 Å². The van der Waals surface area contributed by atoms with Gasteiger partial charge in [-0.3, -0.25) is 4.79 Å². The van der Waals surface area contributed by atoms with Crippen molar-refractivity contribution in [3.63, 3.8) is 0 Å². The van der Waals surface area contributed by atoms with E-state index in [0.717, 1.165) is 0 Å². The quantitative estimate of drug-likeness (QED) is 0.673. The minimum absolute atomic E-state index is 0.0148. The molecule has 66 valence electrons. The summed E-state index contributed by atoms with van der Waals surface area (Å²) in [6.45, 7) is 1.44.